The van der Waals surface area contributed by atoms with Crippen LogP contribution in [0.2, 0.25) is 5.02 Å². The Bertz CT molecular complexity index is 299. The average Bonchev–Trinajstić information content (AvgIpc) is 2.07. The van der Waals surface area contributed by atoms with Crippen LogP contribution in [-0.4, -0.2) is 18.4 Å². The first kappa shape index (κ1) is 8.87. The van der Waals surface area contributed by atoms with Gasteiger partial charge in [0.05, 0.1) is 11.2 Å². The molecule has 1 aromatic carbocycles. The summed E-state index contributed by atoms with van der Waals surface area (Å²) in [6, 6.07) is 4.78. The minimum absolute atomic E-state index is 0.0613. The molecule has 0 amide bonds. The number of halogens is 1. The fourth-order valence-corrected chi connectivity index (χ4v) is 0.906. The third-order valence-electron chi connectivity index (χ3n) is 1.28. The van der Waals surface area contributed by atoms with Crippen molar-refractivity contribution in [3.8, 4) is 5.75 Å². The minimum Gasteiger partial charge on any atom is -0.506 e. The largest absolute Gasteiger partial charge is 0.506 e. The first-order valence-corrected chi connectivity index (χ1v) is 3.67. The van der Waals surface area contributed by atoms with Crippen LogP contribution in [0.1, 0.15) is 5.56 Å². The van der Waals surface area contributed by atoms with Crippen LogP contribution < -0.4 is 0 Å². The molecule has 0 aliphatic heterocycles. The van der Waals surface area contributed by atoms with Crippen LogP contribution in [0, 0.1) is 0 Å². The van der Waals surface area contributed by atoms with Gasteiger partial charge in [-0.25, -0.2) is 0 Å². The van der Waals surface area contributed by atoms with Gasteiger partial charge in [-0.1, -0.05) is 16.8 Å². The maximum atomic E-state index is 9.06. The molecule has 4 heteroatoms. The van der Waals surface area contributed by atoms with Crippen LogP contribution in [0.15, 0.2) is 23.4 Å². The molecule has 0 saturated carbocycles. The summed E-state index contributed by atoms with van der Waals surface area (Å²) < 4.78 is 0. The Hall–Kier alpha value is -1.22. The van der Waals surface area contributed by atoms with Crippen molar-refractivity contribution in [1.82, 2.24) is 0 Å². The normalized spacial score (nSPS) is 10.5. The highest BCUT2D eigenvalue weighted by Gasteiger charge is 1.97. The van der Waals surface area contributed by atoms with Crippen molar-refractivity contribution in [2.24, 2.45) is 5.16 Å². The molecule has 0 unspecified atom stereocenters. The Morgan fingerprint density at radius 1 is 1.58 bits per heavy atom. The molecule has 64 valence electrons. The van der Waals surface area contributed by atoms with Crippen molar-refractivity contribution in [2.75, 3.05) is 7.11 Å². The van der Waals surface area contributed by atoms with E-state index in [-0.39, 0.29) is 5.75 Å². The van der Waals surface area contributed by atoms with Crippen molar-refractivity contribution in [2.45, 2.75) is 0 Å². The summed E-state index contributed by atoms with van der Waals surface area (Å²) in [6.45, 7) is 0. The van der Waals surface area contributed by atoms with Gasteiger partial charge in [-0.3, -0.25) is 0 Å². The van der Waals surface area contributed by atoms with E-state index in [1.165, 1.54) is 19.4 Å². The molecule has 12 heavy (non-hydrogen) atoms. The lowest BCUT2D eigenvalue weighted by molar-refractivity contribution is 0.215. The second kappa shape index (κ2) is 3.97. The van der Waals surface area contributed by atoms with Gasteiger partial charge in [0.15, 0.2) is 0 Å². The standard InChI is InChI=1S/C8H8ClNO2/c1-12-10-5-6-2-3-8(11)7(9)4-6/h2-5,11H,1H3/b10-5+. The molecule has 0 heterocycles. The van der Waals surface area contributed by atoms with E-state index in [0.717, 1.165) is 5.56 Å². The highest BCUT2D eigenvalue weighted by Crippen LogP contribution is 2.22. The number of nitrogens with zero attached hydrogens (tertiary/aromatic N) is 1. The monoisotopic (exact) mass is 185 g/mol. The van der Waals surface area contributed by atoms with Crippen molar-refractivity contribution < 1.29 is 9.94 Å². The van der Waals surface area contributed by atoms with Gasteiger partial charge in [0.25, 0.3) is 0 Å². The van der Waals surface area contributed by atoms with Crippen LogP contribution in [-0.2, 0) is 4.84 Å². The first-order chi connectivity index (χ1) is 5.74. The Morgan fingerprint density at radius 2 is 2.33 bits per heavy atom. The van der Waals surface area contributed by atoms with E-state index < -0.39 is 0 Å². The minimum atomic E-state index is 0.0613. The van der Waals surface area contributed by atoms with Crippen LogP contribution in [0.5, 0.6) is 5.75 Å². The Kier molecular flexibility index (Phi) is 2.94. The Morgan fingerprint density at radius 3 is 2.92 bits per heavy atom. The highest BCUT2D eigenvalue weighted by molar-refractivity contribution is 6.32. The number of aromatic hydroxyl groups is 1. The van der Waals surface area contributed by atoms with Crippen LogP contribution in [0.3, 0.4) is 0 Å². The molecule has 0 aliphatic carbocycles. The molecule has 1 N–H and O–H groups in total. The van der Waals surface area contributed by atoms with E-state index in [0.29, 0.717) is 5.02 Å². The second-order valence-electron chi connectivity index (χ2n) is 2.13. The number of benzene rings is 1. The van der Waals surface area contributed by atoms with Gasteiger partial charge in [-0.2, -0.15) is 0 Å². The van der Waals surface area contributed by atoms with Crippen LogP contribution in [0.4, 0.5) is 0 Å². The zero-order valence-corrected chi connectivity index (χ0v) is 7.25. The SMILES string of the molecule is CO/N=C/c1ccc(O)c(Cl)c1. The lowest BCUT2D eigenvalue weighted by Gasteiger charge is -1.96. The third kappa shape index (κ3) is 2.13. The van der Waals surface area contributed by atoms with Gasteiger partial charge in [0.2, 0.25) is 0 Å². The molecule has 1 rings (SSSR count). The molecule has 0 aromatic heterocycles. The van der Waals surface area contributed by atoms with Gasteiger partial charge in [-0.15, -0.1) is 0 Å². The zero-order valence-electron chi connectivity index (χ0n) is 6.49. The van der Waals surface area contributed by atoms with E-state index in [1.807, 2.05) is 0 Å². The molecule has 0 spiro atoms. The number of phenols is 1. The summed E-state index contributed by atoms with van der Waals surface area (Å²) in [5, 5.41) is 12.9. The predicted octanol–water partition coefficient (Wildman–Crippen LogP) is 2.03. The maximum absolute atomic E-state index is 9.06. The summed E-state index contributed by atoms with van der Waals surface area (Å²) in [7, 11) is 1.46. The lowest BCUT2D eigenvalue weighted by atomic mass is 10.2. The van der Waals surface area contributed by atoms with Crippen molar-refractivity contribution >= 4 is 17.8 Å². The molecule has 0 aliphatic rings. The second-order valence-corrected chi connectivity index (χ2v) is 2.54. The fourth-order valence-electron chi connectivity index (χ4n) is 0.717. The van der Waals surface area contributed by atoms with Gasteiger partial charge >= 0.3 is 0 Å². The Labute approximate surface area is 75.2 Å². The predicted molar refractivity (Wildman–Crippen MR) is 47.7 cm³/mol. The summed E-state index contributed by atoms with van der Waals surface area (Å²) in [6.07, 6.45) is 1.51. The Balaban J connectivity index is 2.89. The molecular formula is C8H8ClNO2. The van der Waals surface area contributed by atoms with E-state index in [2.05, 4.69) is 9.99 Å². The lowest BCUT2D eigenvalue weighted by Crippen LogP contribution is -1.81. The first-order valence-electron chi connectivity index (χ1n) is 3.29. The fraction of sp³-hybridized carbons (Fsp3) is 0.125. The number of rotatable bonds is 2. The molecule has 0 bridgehead atoms. The van der Waals surface area contributed by atoms with Gasteiger partial charge in [-0.05, 0) is 23.8 Å². The van der Waals surface area contributed by atoms with Crippen LogP contribution in [0.25, 0.3) is 0 Å². The maximum Gasteiger partial charge on any atom is 0.134 e. The summed E-state index contributed by atoms with van der Waals surface area (Å²) >= 11 is 5.64. The van der Waals surface area contributed by atoms with Crippen LogP contribution >= 0.6 is 11.6 Å². The molecule has 0 radical (unpaired) electrons. The highest BCUT2D eigenvalue weighted by atomic mass is 35.5. The topological polar surface area (TPSA) is 41.8 Å². The molecule has 1 aromatic rings. The number of phenolic OH excluding ortho intramolecular Hbond substituents is 1. The quantitative estimate of drug-likeness (QED) is 0.566. The van der Waals surface area contributed by atoms with Gasteiger partial charge in [0.1, 0.15) is 12.9 Å². The number of hydrogen-bond acceptors (Lipinski definition) is 3. The average molecular weight is 186 g/mol. The molecule has 0 atom stereocenters. The number of hydrogen-bond donors (Lipinski definition) is 1. The van der Waals surface area contributed by atoms with E-state index in [1.54, 1.807) is 12.1 Å². The van der Waals surface area contributed by atoms with E-state index >= 15 is 0 Å². The summed E-state index contributed by atoms with van der Waals surface area (Å²) in [5.41, 5.74) is 0.777. The van der Waals surface area contributed by atoms with Crippen molar-refractivity contribution in [3.05, 3.63) is 28.8 Å². The van der Waals surface area contributed by atoms with E-state index in [9.17, 15) is 0 Å². The van der Waals surface area contributed by atoms with E-state index in [4.69, 9.17) is 16.7 Å². The molecule has 0 fully saturated rings. The smallest absolute Gasteiger partial charge is 0.134 e. The molecule has 3 nitrogen and oxygen atoms in total. The molecule has 0 saturated heterocycles. The van der Waals surface area contributed by atoms with Gasteiger partial charge < -0.3 is 9.94 Å². The zero-order chi connectivity index (χ0) is 8.97. The third-order valence-corrected chi connectivity index (χ3v) is 1.58. The summed E-state index contributed by atoms with van der Waals surface area (Å²) in [4.78, 5) is 4.48. The number of oxime groups is 1. The molecular weight excluding hydrogens is 178 g/mol. The van der Waals surface area contributed by atoms with Gasteiger partial charge in [0, 0.05) is 0 Å². The van der Waals surface area contributed by atoms with Crippen molar-refractivity contribution in [3.63, 3.8) is 0 Å². The van der Waals surface area contributed by atoms with Crippen molar-refractivity contribution in [1.29, 1.82) is 0 Å². The summed E-state index contributed by atoms with van der Waals surface area (Å²) in [5.74, 6) is 0.0613.